The Kier molecular flexibility index (Phi) is 8.05. The molecule has 1 rings (SSSR count). The number of nitrogens with zero attached hydrogens (tertiary/aromatic N) is 1. The number of ketones is 1. The van der Waals surface area contributed by atoms with Gasteiger partial charge in [0, 0.05) is 24.1 Å². The number of nitrogens with one attached hydrogen (secondary N) is 1. The van der Waals surface area contributed by atoms with Gasteiger partial charge >= 0.3 is 6.03 Å². The lowest BCUT2D eigenvalue weighted by atomic mass is 10.1. The number of urea groups is 1. The third-order valence-electron chi connectivity index (χ3n) is 3.27. The van der Waals surface area contributed by atoms with Gasteiger partial charge in [-0.25, -0.2) is 4.79 Å². The second-order valence-corrected chi connectivity index (χ2v) is 5.64. The van der Waals surface area contributed by atoms with Crippen molar-refractivity contribution in [2.45, 2.75) is 26.9 Å². The van der Waals surface area contributed by atoms with Gasteiger partial charge in [-0.2, -0.15) is 0 Å². The number of rotatable bonds is 8. The van der Waals surface area contributed by atoms with E-state index in [9.17, 15) is 14.7 Å². The first-order valence-electron chi connectivity index (χ1n) is 7.50. The maximum absolute atomic E-state index is 12.1. The summed E-state index contributed by atoms with van der Waals surface area (Å²) in [7, 11) is 0. The van der Waals surface area contributed by atoms with Gasteiger partial charge in [0.2, 0.25) is 0 Å². The normalized spacial score (nSPS) is 11.7. The summed E-state index contributed by atoms with van der Waals surface area (Å²) >= 11 is 3.15. The molecule has 0 fully saturated rings. The quantitative estimate of drug-likeness (QED) is 0.531. The molecule has 6 nitrogen and oxygen atoms in total. The second-order valence-electron chi connectivity index (χ2n) is 4.99. The molecule has 7 heteroatoms. The lowest BCUT2D eigenvalue weighted by molar-refractivity contribution is 0.0998. The Morgan fingerprint density at radius 2 is 2.00 bits per heavy atom. The van der Waals surface area contributed by atoms with Gasteiger partial charge in [-0.15, -0.1) is 0 Å². The Balaban J connectivity index is 2.90. The van der Waals surface area contributed by atoms with Crippen LogP contribution in [0.25, 0.3) is 0 Å². The van der Waals surface area contributed by atoms with Gasteiger partial charge in [0.1, 0.15) is 12.4 Å². The fourth-order valence-electron chi connectivity index (χ4n) is 1.95. The number of carbonyl (C=O) groups is 2. The average molecular weight is 387 g/mol. The summed E-state index contributed by atoms with van der Waals surface area (Å²) in [6, 6.07) is 4.66. The highest BCUT2D eigenvalue weighted by Gasteiger charge is 2.14. The van der Waals surface area contributed by atoms with Crippen molar-refractivity contribution in [1.29, 1.82) is 0 Å². The molecule has 0 aliphatic heterocycles. The number of carbonyl (C=O) groups excluding carboxylic acids is 2. The summed E-state index contributed by atoms with van der Waals surface area (Å²) in [4.78, 5) is 25.5. The minimum atomic E-state index is -0.656. The summed E-state index contributed by atoms with van der Waals surface area (Å²) in [5, 5.41) is 12.7. The van der Waals surface area contributed by atoms with Crippen LogP contribution in [0.2, 0.25) is 0 Å². The van der Waals surface area contributed by atoms with Crippen molar-refractivity contribution in [2.75, 3.05) is 30.3 Å². The van der Waals surface area contributed by atoms with E-state index in [0.29, 0.717) is 35.4 Å². The molecule has 0 aliphatic carbocycles. The van der Waals surface area contributed by atoms with Crippen molar-refractivity contribution >= 4 is 33.4 Å². The number of alkyl halides is 1. The Bertz CT molecular complexity index is 547. The highest BCUT2D eigenvalue weighted by atomic mass is 79.9. The minimum absolute atomic E-state index is 0.0800. The van der Waals surface area contributed by atoms with Crippen molar-refractivity contribution < 1.29 is 19.4 Å². The lowest BCUT2D eigenvalue weighted by Crippen LogP contribution is -2.34. The molecule has 0 spiro atoms. The van der Waals surface area contributed by atoms with E-state index >= 15 is 0 Å². The Hall–Kier alpha value is -1.60. The van der Waals surface area contributed by atoms with Crippen LogP contribution in [-0.2, 0) is 0 Å². The Morgan fingerprint density at radius 3 is 2.52 bits per heavy atom. The summed E-state index contributed by atoms with van der Waals surface area (Å²) in [5.41, 5.74) is 0.893. The highest BCUT2D eigenvalue weighted by Crippen LogP contribution is 2.24. The summed E-state index contributed by atoms with van der Waals surface area (Å²) in [5.74, 6) is 0.214. The number of Topliss-reactive ketones (excluding diaryl/α,β-unsaturated/α-hetero) is 1. The van der Waals surface area contributed by atoms with Gasteiger partial charge in [0.25, 0.3) is 0 Å². The fourth-order valence-corrected chi connectivity index (χ4v) is 2.14. The van der Waals surface area contributed by atoms with E-state index in [2.05, 4.69) is 21.2 Å². The van der Waals surface area contributed by atoms with E-state index in [-0.39, 0.29) is 18.4 Å². The molecule has 0 heterocycles. The van der Waals surface area contributed by atoms with E-state index < -0.39 is 6.10 Å². The number of amides is 2. The Morgan fingerprint density at radius 1 is 1.35 bits per heavy atom. The molecule has 1 aromatic rings. The van der Waals surface area contributed by atoms with Crippen molar-refractivity contribution in [2.24, 2.45) is 0 Å². The van der Waals surface area contributed by atoms with Gasteiger partial charge < -0.3 is 20.1 Å². The zero-order valence-electron chi connectivity index (χ0n) is 13.6. The van der Waals surface area contributed by atoms with Crippen LogP contribution in [0.15, 0.2) is 18.2 Å². The van der Waals surface area contributed by atoms with E-state index in [1.54, 1.807) is 23.1 Å². The zero-order chi connectivity index (χ0) is 17.4. The fraction of sp³-hybridized carbons (Fsp3) is 0.500. The van der Waals surface area contributed by atoms with Gasteiger partial charge in [0.15, 0.2) is 5.78 Å². The lowest BCUT2D eigenvalue weighted by Gasteiger charge is -2.20. The van der Waals surface area contributed by atoms with Crippen LogP contribution in [-0.4, -0.2) is 53.0 Å². The number of ether oxygens (including phenoxy) is 1. The van der Waals surface area contributed by atoms with Gasteiger partial charge in [0.05, 0.1) is 11.7 Å². The molecule has 0 saturated heterocycles. The molecule has 2 amide bonds. The van der Waals surface area contributed by atoms with E-state index in [4.69, 9.17) is 4.74 Å². The SMILES string of the molecule is CCN(CC)C(=O)Nc1ccc(OCC(O)CBr)c(C(C)=O)c1. The van der Waals surface area contributed by atoms with Crippen LogP contribution < -0.4 is 10.1 Å². The minimum Gasteiger partial charge on any atom is -0.490 e. The zero-order valence-corrected chi connectivity index (χ0v) is 15.2. The molecular formula is C16H23BrN2O4. The van der Waals surface area contributed by atoms with Crippen LogP contribution in [0, 0.1) is 0 Å². The van der Waals surface area contributed by atoms with Gasteiger partial charge in [-0.1, -0.05) is 15.9 Å². The smallest absolute Gasteiger partial charge is 0.321 e. The number of hydrogen-bond donors (Lipinski definition) is 2. The molecule has 1 aromatic carbocycles. The first-order valence-corrected chi connectivity index (χ1v) is 8.62. The maximum atomic E-state index is 12.1. The van der Waals surface area contributed by atoms with Crippen molar-refractivity contribution in [3.63, 3.8) is 0 Å². The van der Waals surface area contributed by atoms with E-state index in [1.807, 2.05) is 13.8 Å². The van der Waals surface area contributed by atoms with E-state index in [1.165, 1.54) is 6.92 Å². The van der Waals surface area contributed by atoms with Crippen LogP contribution in [0.4, 0.5) is 10.5 Å². The predicted octanol–water partition coefficient (Wildman–Crippen LogP) is 2.90. The van der Waals surface area contributed by atoms with Crippen LogP contribution >= 0.6 is 15.9 Å². The Labute approximate surface area is 144 Å². The molecule has 0 bridgehead atoms. The number of aliphatic hydroxyl groups excluding tert-OH is 1. The molecule has 1 unspecified atom stereocenters. The number of halogens is 1. The number of hydrogen-bond acceptors (Lipinski definition) is 4. The molecule has 0 saturated carbocycles. The van der Waals surface area contributed by atoms with Crippen molar-refractivity contribution in [3.8, 4) is 5.75 Å². The van der Waals surface area contributed by atoms with Crippen molar-refractivity contribution in [1.82, 2.24) is 4.90 Å². The van der Waals surface area contributed by atoms with E-state index in [0.717, 1.165) is 0 Å². The first-order chi connectivity index (χ1) is 10.9. The molecule has 0 aromatic heterocycles. The number of anilines is 1. The predicted molar refractivity (Wildman–Crippen MR) is 93.7 cm³/mol. The summed E-state index contributed by atoms with van der Waals surface area (Å²) in [6.45, 7) is 6.52. The third-order valence-corrected chi connectivity index (χ3v) is 4.02. The van der Waals surface area contributed by atoms with Crippen LogP contribution in [0.3, 0.4) is 0 Å². The van der Waals surface area contributed by atoms with Gasteiger partial charge in [-0.3, -0.25) is 4.79 Å². The molecule has 23 heavy (non-hydrogen) atoms. The molecule has 128 valence electrons. The number of benzene rings is 1. The number of aliphatic hydroxyl groups is 1. The summed E-state index contributed by atoms with van der Waals surface area (Å²) < 4.78 is 5.48. The van der Waals surface area contributed by atoms with Crippen LogP contribution in [0.1, 0.15) is 31.1 Å². The van der Waals surface area contributed by atoms with Crippen molar-refractivity contribution in [3.05, 3.63) is 23.8 Å². The molecule has 2 N–H and O–H groups in total. The average Bonchev–Trinajstić information content (AvgIpc) is 2.54. The molecular weight excluding hydrogens is 364 g/mol. The van der Waals surface area contributed by atoms with Gasteiger partial charge in [-0.05, 0) is 39.0 Å². The maximum Gasteiger partial charge on any atom is 0.321 e. The molecule has 1 atom stereocenters. The van der Waals surface area contributed by atoms with Crippen LogP contribution in [0.5, 0.6) is 5.75 Å². The summed E-state index contributed by atoms with van der Waals surface area (Å²) in [6.07, 6.45) is -0.656. The third kappa shape index (κ3) is 5.84. The standard InChI is InChI=1S/C16H23BrN2O4/c1-4-19(5-2)16(22)18-12-6-7-15(14(8-12)11(3)20)23-10-13(21)9-17/h6-8,13,21H,4-5,9-10H2,1-3H3,(H,18,22). The highest BCUT2D eigenvalue weighted by molar-refractivity contribution is 9.09. The topological polar surface area (TPSA) is 78.9 Å². The molecule has 0 radical (unpaired) electrons. The molecule has 0 aliphatic rings. The first kappa shape index (κ1) is 19.4. The second kappa shape index (κ2) is 9.52. The largest absolute Gasteiger partial charge is 0.490 e. The monoisotopic (exact) mass is 386 g/mol.